The summed E-state index contributed by atoms with van der Waals surface area (Å²) < 4.78 is 0. The number of carbonyl (C=O) groups excluding carboxylic acids is 3. The third-order valence-corrected chi connectivity index (χ3v) is 6.02. The molecule has 3 amide bonds. The Labute approximate surface area is 162 Å². The number of likely N-dealkylation sites (tertiary alicyclic amines) is 1. The van der Waals surface area contributed by atoms with Gasteiger partial charge in [-0.1, -0.05) is 13.3 Å². The van der Waals surface area contributed by atoms with Gasteiger partial charge in [0.05, 0.1) is 6.54 Å². The highest BCUT2D eigenvalue weighted by atomic mass is 16.2. The fraction of sp³-hybridized carbons (Fsp3) is 0.850. The second-order valence-electron chi connectivity index (χ2n) is 8.18. The van der Waals surface area contributed by atoms with Gasteiger partial charge in [-0.2, -0.15) is 0 Å². The molecule has 152 valence electrons. The Morgan fingerprint density at radius 1 is 0.852 bits per heavy atom. The summed E-state index contributed by atoms with van der Waals surface area (Å²) in [7, 11) is 0. The van der Waals surface area contributed by atoms with Crippen molar-refractivity contribution in [1.82, 2.24) is 20.0 Å². The number of piperazine rings is 1. The summed E-state index contributed by atoms with van der Waals surface area (Å²) in [5.74, 6) is 0.949. The molecule has 7 heteroatoms. The molecule has 1 N–H and O–H groups in total. The molecule has 3 fully saturated rings. The lowest BCUT2D eigenvalue weighted by Gasteiger charge is -2.37. The van der Waals surface area contributed by atoms with Crippen LogP contribution >= 0.6 is 0 Å². The Morgan fingerprint density at radius 3 is 2.07 bits per heavy atom. The normalized spacial score (nSPS) is 22.0. The predicted molar refractivity (Wildman–Crippen MR) is 103 cm³/mol. The van der Waals surface area contributed by atoms with Gasteiger partial charge in [0.15, 0.2) is 0 Å². The lowest BCUT2D eigenvalue weighted by molar-refractivity contribution is -0.141. The highest BCUT2D eigenvalue weighted by Crippen LogP contribution is 2.31. The molecule has 1 aliphatic carbocycles. The van der Waals surface area contributed by atoms with Crippen molar-refractivity contribution in [3.05, 3.63) is 0 Å². The Balaban J connectivity index is 1.33. The van der Waals surface area contributed by atoms with E-state index in [1.807, 2.05) is 9.80 Å². The quantitative estimate of drug-likeness (QED) is 0.662. The predicted octanol–water partition coefficient (Wildman–Crippen LogP) is 0.696. The van der Waals surface area contributed by atoms with Crippen LogP contribution in [0.15, 0.2) is 0 Å². The van der Waals surface area contributed by atoms with Gasteiger partial charge < -0.3 is 15.1 Å². The smallest absolute Gasteiger partial charge is 0.236 e. The number of amides is 3. The molecule has 27 heavy (non-hydrogen) atoms. The zero-order chi connectivity index (χ0) is 19.2. The molecule has 0 aromatic rings. The summed E-state index contributed by atoms with van der Waals surface area (Å²) in [6, 6.07) is 0. The van der Waals surface area contributed by atoms with Crippen molar-refractivity contribution in [2.24, 2.45) is 11.8 Å². The fourth-order valence-corrected chi connectivity index (χ4v) is 3.94. The first-order valence-corrected chi connectivity index (χ1v) is 10.6. The van der Waals surface area contributed by atoms with Crippen LogP contribution in [0, 0.1) is 11.8 Å². The lowest BCUT2D eigenvalue weighted by atomic mass is 9.96. The van der Waals surface area contributed by atoms with E-state index in [1.165, 1.54) is 0 Å². The van der Waals surface area contributed by atoms with E-state index in [0.29, 0.717) is 32.7 Å². The van der Waals surface area contributed by atoms with Crippen LogP contribution in [0.4, 0.5) is 0 Å². The first kappa shape index (κ1) is 20.1. The van der Waals surface area contributed by atoms with Crippen molar-refractivity contribution < 1.29 is 14.4 Å². The summed E-state index contributed by atoms with van der Waals surface area (Å²) in [4.78, 5) is 42.8. The highest BCUT2D eigenvalue weighted by molar-refractivity contribution is 5.82. The molecule has 0 aromatic heterocycles. The van der Waals surface area contributed by atoms with Crippen LogP contribution in [0.2, 0.25) is 0 Å². The number of carbonyl (C=O) groups is 3. The molecule has 3 aliphatic rings. The number of unbranched alkanes of at least 4 members (excludes halogenated alkanes) is 1. The maximum absolute atomic E-state index is 12.6. The SMILES string of the molecule is CCCCNC(=O)C1CCN(CC(=O)N2CCN(C(=O)C3CC3)CC2)CC1. The largest absolute Gasteiger partial charge is 0.356 e. The summed E-state index contributed by atoms with van der Waals surface area (Å²) in [5, 5.41) is 3.02. The molecule has 0 unspecified atom stereocenters. The minimum absolute atomic E-state index is 0.0881. The molecule has 3 rings (SSSR count). The van der Waals surface area contributed by atoms with Crippen LogP contribution in [0.25, 0.3) is 0 Å². The number of hydrogen-bond donors (Lipinski definition) is 1. The Bertz CT molecular complexity index is 533. The number of nitrogens with one attached hydrogen (secondary N) is 1. The standard InChI is InChI=1S/C20H34N4O3/c1-2-3-8-21-19(26)16-6-9-22(10-7-16)15-18(25)23-11-13-24(14-12-23)20(27)17-4-5-17/h16-17H,2-15H2,1H3,(H,21,26). The number of hydrogen-bond acceptors (Lipinski definition) is 4. The molecular formula is C20H34N4O3. The molecule has 0 aromatic carbocycles. The number of rotatable bonds is 7. The number of nitrogens with zero attached hydrogens (tertiary/aromatic N) is 3. The topological polar surface area (TPSA) is 73.0 Å². The van der Waals surface area contributed by atoms with Crippen molar-refractivity contribution in [2.75, 3.05) is 52.4 Å². The van der Waals surface area contributed by atoms with Crippen LogP contribution in [0.5, 0.6) is 0 Å². The maximum Gasteiger partial charge on any atom is 0.236 e. The fourth-order valence-electron chi connectivity index (χ4n) is 3.94. The summed E-state index contributed by atoms with van der Waals surface area (Å²) in [6.07, 6.45) is 5.83. The van der Waals surface area contributed by atoms with Crippen molar-refractivity contribution >= 4 is 17.7 Å². The molecule has 0 spiro atoms. The van der Waals surface area contributed by atoms with Gasteiger partial charge in [0.25, 0.3) is 0 Å². The lowest BCUT2D eigenvalue weighted by Crippen LogP contribution is -2.53. The third kappa shape index (κ3) is 5.67. The van der Waals surface area contributed by atoms with E-state index in [-0.39, 0.29) is 29.6 Å². The van der Waals surface area contributed by atoms with E-state index >= 15 is 0 Å². The van der Waals surface area contributed by atoms with Gasteiger partial charge in [0.2, 0.25) is 17.7 Å². The van der Waals surface area contributed by atoms with Crippen molar-refractivity contribution in [1.29, 1.82) is 0 Å². The summed E-state index contributed by atoms with van der Waals surface area (Å²) >= 11 is 0. The third-order valence-electron chi connectivity index (χ3n) is 6.02. The van der Waals surface area contributed by atoms with Gasteiger partial charge in [0, 0.05) is 44.6 Å². The number of piperidine rings is 1. The Morgan fingerprint density at radius 2 is 1.48 bits per heavy atom. The minimum Gasteiger partial charge on any atom is -0.356 e. The molecular weight excluding hydrogens is 344 g/mol. The van der Waals surface area contributed by atoms with Crippen LogP contribution in [-0.2, 0) is 14.4 Å². The molecule has 7 nitrogen and oxygen atoms in total. The molecule has 2 aliphatic heterocycles. The average Bonchev–Trinajstić information content (AvgIpc) is 3.53. The van der Waals surface area contributed by atoms with E-state index in [4.69, 9.17) is 0 Å². The average molecular weight is 379 g/mol. The van der Waals surface area contributed by atoms with Crippen LogP contribution < -0.4 is 5.32 Å². The van der Waals surface area contributed by atoms with Crippen molar-refractivity contribution in [2.45, 2.75) is 45.4 Å². The maximum atomic E-state index is 12.6. The second-order valence-corrected chi connectivity index (χ2v) is 8.18. The van der Waals surface area contributed by atoms with Gasteiger partial charge in [0.1, 0.15) is 0 Å². The molecule has 1 saturated carbocycles. The first-order valence-electron chi connectivity index (χ1n) is 10.6. The van der Waals surface area contributed by atoms with Crippen molar-refractivity contribution in [3.63, 3.8) is 0 Å². The Kier molecular flexibility index (Phi) is 7.10. The van der Waals surface area contributed by atoms with E-state index in [2.05, 4.69) is 17.1 Å². The highest BCUT2D eigenvalue weighted by Gasteiger charge is 2.35. The van der Waals surface area contributed by atoms with Crippen LogP contribution in [-0.4, -0.2) is 84.8 Å². The van der Waals surface area contributed by atoms with E-state index < -0.39 is 0 Å². The first-order chi connectivity index (χ1) is 13.1. The molecule has 0 atom stereocenters. The Hall–Kier alpha value is -1.63. The van der Waals surface area contributed by atoms with Crippen LogP contribution in [0.3, 0.4) is 0 Å². The molecule has 2 heterocycles. The molecule has 0 radical (unpaired) electrons. The van der Waals surface area contributed by atoms with Gasteiger partial charge >= 0.3 is 0 Å². The van der Waals surface area contributed by atoms with E-state index in [0.717, 1.165) is 58.2 Å². The van der Waals surface area contributed by atoms with Gasteiger partial charge in [-0.15, -0.1) is 0 Å². The molecule has 2 saturated heterocycles. The monoisotopic (exact) mass is 378 g/mol. The zero-order valence-corrected chi connectivity index (χ0v) is 16.6. The van der Waals surface area contributed by atoms with Gasteiger partial charge in [-0.25, -0.2) is 0 Å². The zero-order valence-electron chi connectivity index (χ0n) is 16.6. The summed E-state index contributed by atoms with van der Waals surface area (Å²) in [6.45, 7) is 7.55. The van der Waals surface area contributed by atoms with Gasteiger partial charge in [-0.3, -0.25) is 19.3 Å². The minimum atomic E-state index is 0.0881. The molecule has 0 bridgehead atoms. The van der Waals surface area contributed by atoms with Crippen LogP contribution in [0.1, 0.15) is 45.4 Å². The van der Waals surface area contributed by atoms with E-state index in [1.54, 1.807) is 0 Å². The summed E-state index contributed by atoms with van der Waals surface area (Å²) in [5.41, 5.74) is 0. The van der Waals surface area contributed by atoms with Crippen molar-refractivity contribution in [3.8, 4) is 0 Å². The van der Waals surface area contributed by atoms with Gasteiger partial charge in [-0.05, 0) is 45.2 Å². The second kappa shape index (κ2) is 9.53. The van der Waals surface area contributed by atoms with E-state index in [9.17, 15) is 14.4 Å².